The zero-order valence-corrected chi connectivity index (χ0v) is 61.5. The summed E-state index contributed by atoms with van der Waals surface area (Å²) in [5.74, 6) is -17.6. The van der Waals surface area contributed by atoms with E-state index in [0.29, 0.717) is 19.3 Å². The van der Waals surface area contributed by atoms with Crippen molar-refractivity contribution in [3.8, 4) is 23.0 Å². The fraction of sp³-hybridized carbons (Fsp3) is 0.590. The summed E-state index contributed by atoms with van der Waals surface area (Å²) >= 11 is 0. The average molecular weight is 1460 g/mol. The SMILES string of the molecule is CCCCCCCCCCCCC/C=C\C(O)C(CO)Nc1c(F)c(F)c(CC(CO)C(O)/C=C/CCCCCCCCCCCCC)c2c1C(=O)c1c(O)ccc(O)c1C2=O.CCCCCCCCCCCCC/C=C\C(O)C(CO)Nc1c(F)c(F)c(F)c2c1C(=O)c1c(O)ccc(O)c1C2=O. The molecule has 0 heterocycles. The van der Waals surface area contributed by atoms with E-state index in [2.05, 4.69) is 31.4 Å². The Morgan fingerprint density at radius 1 is 0.327 bits per heavy atom. The van der Waals surface area contributed by atoms with E-state index in [1.165, 1.54) is 172 Å². The minimum atomic E-state index is -2.06. The lowest BCUT2D eigenvalue weighted by molar-refractivity contribution is 0.0953. The van der Waals surface area contributed by atoms with Crippen molar-refractivity contribution in [1.82, 2.24) is 0 Å². The van der Waals surface area contributed by atoms with Crippen molar-refractivity contribution in [2.45, 2.75) is 289 Å². The van der Waals surface area contributed by atoms with Crippen LogP contribution in [0.3, 0.4) is 0 Å². The van der Waals surface area contributed by atoms with Gasteiger partial charge in [0.2, 0.25) is 17.3 Å². The van der Waals surface area contributed by atoms with Crippen LogP contribution >= 0.6 is 0 Å². The molecule has 4 aromatic rings. The number of phenolic OH excluding ortho intramolecular Hbond substituents is 4. The Kier molecular flexibility index (Phi) is 40.0. The number of ketones is 4. The van der Waals surface area contributed by atoms with Crippen LogP contribution in [0.4, 0.5) is 33.3 Å². The van der Waals surface area contributed by atoms with Gasteiger partial charge in [-0.2, -0.15) is 0 Å². The first-order chi connectivity index (χ1) is 50.2. The smallest absolute Gasteiger partial charge is 0.201 e. The Balaban J connectivity index is 0.000000402. The topological polar surface area (TPSA) is 295 Å². The number of carbonyl (C=O) groups is 4. The van der Waals surface area contributed by atoms with Crippen molar-refractivity contribution in [3.63, 3.8) is 0 Å². The number of phenols is 4. The molecule has 0 radical (unpaired) electrons. The summed E-state index contributed by atoms with van der Waals surface area (Å²) in [6, 6.07) is 1.14. The van der Waals surface area contributed by atoms with Gasteiger partial charge in [0.05, 0.1) is 93.9 Å². The predicted octanol–water partition coefficient (Wildman–Crippen LogP) is 18.0. The third kappa shape index (κ3) is 25.3. The number of hydrogen-bond donors (Lipinski definition) is 12. The van der Waals surface area contributed by atoms with Crippen LogP contribution in [-0.2, 0) is 6.42 Å². The van der Waals surface area contributed by atoms with Gasteiger partial charge in [0, 0.05) is 23.7 Å². The van der Waals surface area contributed by atoms with E-state index >= 15 is 13.2 Å². The fourth-order valence-electron chi connectivity index (χ4n) is 13.7. The zero-order valence-electron chi connectivity index (χ0n) is 61.5. The van der Waals surface area contributed by atoms with Crippen LogP contribution in [0, 0.1) is 35.0 Å². The van der Waals surface area contributed by atoms with Gasteiger partial charge in [-0.1, -0.05) is 250 Å². The van der Waals surface area contributed by atoms with E-state index in [1.807, 2.05) is 0 Å². The number of fused-ring (bicyclic) bond motifs is 4. The van der Waals surface area contributed by atoms with Crippen LogP contribution in [0.25, 0.3) is 0 Å². The van der Waals surface area contributed by atoms with E-state index in [-0.39, 0.29) is 0 Å². The van der Waals surface area contributed by atoms with Crippen LogP contribution < -0.4 is 10.6 Å². The van der Waals surface area contributed by atoms with Gasteiger partial charge in [0.1, 0.15) is 23.0 Å². The third-order valence-electron chi connectivity index (χ3n) is 19.9. The molecule has 21 heteroatoms. The molecule has 0 spiro atoms. The van der Waals surface area contributed by atoms with E-state index in [1.54, 1.807) is 18.2 Å². The van der Waals surface area contributed by atoms with Crippen molar-refractivity contribution in [1.29, 1.82) is 0 Å². The quantitative estimate of drug-likeness (QED) is 0.00556. The number of nitrogens with one attached hydrogen (secondary N) is 2. The normalized spacial score (nSPS) is 14.5. The molecular formula is C83H117F5N2O14. The minimum Gasteiger partial charge on any atom is -0.507 e. The first-order valence-electron chi connectivity index (χ1n) is 38.6. The highest BCUT2D eigenvalue weighted by Gasteiger charge is 2.44. The van der Waals surface area contributed by atoms with Gasteiger partial charge in [-0.05, 0) is 69.2 Å². The van der Waals surface area contributed by atoms with E-state index in [4.69, 9.17) is 0 Å². The first kappa shape index (κ1) is 87.6. The lowest BCUT2D eigenvalue weighted by atomic mass is 9.77. The molecule has 0 bridgehead atoms. The number of aliphatic hydroxyl groups excluding tert-OH is 6. The number of anilines is 2. The molecule has 6 rings (SSSR count). The van der Waals surface area contributed by atoms with Gasteiger partial charge < -0.3 is 61.7 Å². The maximum atomic E-state index is 16.4. The molecule has 4 aromatic carbocycles. The molecule has 578 valence electrons. The number of hydrogen-bond acceptors (Lipinski definition) is 16. The number of aromatic hydroxyl groups is 4. The molecular weight excluding hydrogens is 1340 g/mol. The molecule has 0 saturated carbocycles. The summed E-state index contributed by atoms with van der Waals surface area (Å²) in [6.45, 7) is 4.40. The highest BCUT2D eigenvalue weighted by molar-refractivity contribution is 6.33. The molecule has 12 N–H and O–H groups in total. The molecule has 0 fully saturated rings. The van der Waals surface area contributed by atoms with Crippen LogP contribution in [-0.4, -0.2) is 124 Å². The van der Waals surface area contributed by atoms with Crippen molar-refractivity contribution in [2.75, 3.05) is 30.5 Å². The lowest BCUT2D eigenvalue weighted by Crippen LogP contribution is -2.38. The van der Waals surface area contributed by atoms with Crippen molar-refractivity contribution >= 4 is 34.5 Å². The highest BCUT2D eigenvalue weighted by atomic mass is 19.2. The number of unbranched alkanes of at least 4 members (excludes halogenated alkanes) is 33. The minimum absolute atomic E-state index is 0.562. The Morgan fingerprint density at radius 3 is 0.904 bits per heavy atom. The Hall–Kier alpha value is -7.01. The van der Waals surface area contributed by atoms with Gasteiger partial charge in [-0.15, -0.1) is 0 Å². The summed E-state index contributed by atoms with van der Waals surface area (Å²) in [7, 11) is 0. The predicted molar refractivity (Wildman–Crippen MR) is 398 cm³/mol. The molecule has 16 nitrogen and oxygen atoms in total. The van der Waals surface area contributed by atoms with Crippen molar-refractivity contribution < 1.29 is 92.2 Å². The third-order valence-corrected chi connectivity index (χ3v) is 19.9. The first-order valence-corrected chi connectivity index (χ1v) is 38.6. The molecule has 0 saturated heterocycles. The Morgan fingerprint density at radius 2 is 0.596 bits per heavy atom. The number of allylic oxidation sites excluding steroid dienone is 3. The van der Waals surface area contributed by atoms with Crippen LogP contribution in [0.2, 0.25) is 0 Å². The molecule has 0 aliphatic heterocycles. The summed E-state index contributed by atoms with van der Waals surface area (Å²) in [5, 5.41) is 110. The lowest BCUT2D eigenvalue weighted by Gasteiger charge is -2.29. The highest BCUT2D eigenvalue weighted by Crippen LogP contribution is 2.46. The van der Waals surface area contributed by atoms with Crippen LogP contribution in [0.5, 0.6) is 23.0 Å². The Labute approximate surface area is 612 Å². The Bertz CT molecular complexity index is 3330. The van der Waals surface area contributed by atoms with Gasteiger partial charge in [-0.25, -0.2) is 22.0 Å². The summed E-state index contributed by atoms with van der Waals surface area (Å²) < 4.78 is 77.1. The standard InChI is InChI=1S/C51H77F2NO8.C32H40F3NO6/c1-3-5-7-9-11-13-15-17-19-21-23-25-27-29-39(57)36(34-55)33-37-43-46(51(62)45-42(60)32-31-41(59)44(45)50(43)61)49(48(53)47(37)52)54-38(35-56)40(58)30-28-26-24-22-20-18-16-14-12-10-8-6-4-2;1-2-3-4-5-6-7-8-9-10-11-12-13-14-15-20(38)19(18-37)36-30-26-25(27(33)28(34)29(30)35)31(41)23-21(39)16-17-22(40)24(23)32(26)42/h27-32,36,38-40,54-60H,3-26,33-35H2,1-2H3;14-17,19-20,36-40H,2-13,18H2,1H3/b29-27+,30-28-;15-14-. The maximum absolute atomic E-state index is 16.4. The van der Waals surface area contributed by atoms with Crippen molar-refractivity contribution in [2.24, 2.45) is 5.92 Å². The van der Waals surface area contributed by atoms with Crippen LogP contribution in [0.1, 0.15) is 321 Å². The van der Waals surface area contributed by atoms with Gasteiger partial charge >= 0.3 is 0 Å². The van der Waals surface area contributed by atoms with E-state index in [9.17, 15) is 79.0 Å². The largest absolute Gasteiger partial charge is 0.507 e. The zero-order chi connectivity index (χ0) is 76.1. The average Bonchev–Trinajstić information content (AvgIpc) is 0.729. The van der Waals surface area contributed by atoms with Crippen LogP contribution in [0.15, 0.2) is 60.7 Å². The van der Waals surface area contributed by atoms with Gasteiger partial charge in [0.25, 0.3) is 0 Å². The van der Waals surface area contributed by atoms with Gasteiger partial charge in [0.15, 0.2) is 34.9 Å². The molecule has 2 aliphatic carbocycles. The number of carbonyl (C=O) groups excluding carboxylic acids is 4. The second-order valence-corrected chi connectivity index (χ2v) is 28.1. The monoisotopic (exact) mass is 1460 g/mol. The molecule has 0 aromatic heterocycles. The number of rotatable bonds is 51. The number of benzene rings is 4. The van der Waals surface area contributed by atoms with E-state index < -0.39 is 199 Å². The summed E-state index contributed by atoms with van der Waals surface area (Å²) in [5.41, 5.74) is -8.33. The molecule has 0 amide bonds. The number of aliphatic hydroxyl groups is 6. The second-order valence-electron chi connectivity index (χ2n) is 28.1. The summed E-state index contributed by atoms with van der Waals surface area (Å²) in [6.07, 6.45) is 46.1. The molecule has 6 atom stereocenters. The van der Waals surface area contributed by atoms with Crippen molar-refractivity contribution in [3.05, 3.63) is 140 Å². The van der Waals surface area contributed by atoms with E-state index in [0.717, 1.165) is 82.1 Å². The second kappa shape index (κ2) is 47.5. The fourth-order valence-corrected chi connectivity index (χ4v) is 13.7. The maximum Gasteiger partial charge on any atom is 0.201 e. The molecule has 2 aliphatic rings. The molecule has 104 heavy (non-hydrogen) atoms. The number of halogens is 5. The van der Waals surface area contributed by atoms with Gasteiger partial charge in [-0.3, -0.25) is 19.2 Å². The summed E-state index contributed by atoms with van der Waals surface area (Å²) in [4.78, 5) is 54.6. The molecule has 6 unspecified atom stereocenters.